The summed E-state index contributed by atoms with van der Waals surface area (Å²) in [5.41, 5.74) is 1.23. The summed E-state index contributed by atoms with van der Waals surface area (Å²) in [4.78, 5) is 29.8. The zero-order chi connectivity index (χ0) is 13.4. The number of hydrogen-bond donors (Lipinski definition) is 2. The number of aliphatic carboxylic acids is 1. The molecule has 1 saturated carbocycles. The Bertz CT molecular complexity index is 665. The number of pyridine rings is 1. The maximum atomic E-state index is 12.0. The van der Waals surface area contributed by atoms with Crippen LogP contribution in [0.25, 0.3) is 11.2 Å². The van der Waals surface area contributed by atoms with E-state index >= 15 is 0 Å². The summed E-state index contributed by atoms with van der Waals surface area (Å²) in [6.07, 6.45) is 4.33. The maximum Gasteiger partial charge on any atom is 0.327 e. The molecule has 0 amide bonds. The van der Waals surface area contributed by atoms with Crippen molar-refractivity contribution < 1.29 is 9.90 Å². The first kappa shape index (κ1) is 12.0. The van der Waals surface area contributed by atoms with Crippen molar-refractivity contribution in [3.8, 4) is 0 Å². The summed E-state index contributed by atoms with van der Waals surface area (Å²) in [5.74, 6) is -0.998. The van der Waals surface area contributed by atoms with Gasteiger partial charge in [0.05, 0.1) is 11.4 Å². The van der Waals surface area contributed by atoms with Crippen LogP contribution in [0.4, 0.5) is 0 Å². The summed E-state index contributed by atoms with van der Waals surface area (Å²) in [6, 6.07) is 3.74. The molecule has 2 N–H and O–H groups in total. The fraction of sp³-hybridized carbons (Fsp3) is 0.462. The van der Waals surface area contributed by atoms with E-state index in [1.165, 1.54) is 0 Å². The quantitative estimate of drug-likeness (QED) is 0.858. The number of nitrogens with zero attached hydrogens (tertiary/aromatic N) is 2. The largest absolute Gasteiger partial charge is 0.481 e. The molecule has 3 rings (SSSR count). The fourth-order valence-corrected chi connectivity index (χ4v) is 2.90. The normalized spacial score (nSPS) is 23.6. The number of carboxylic acid groups (broad SMARTS) is 1. The maximum absolute atomic E-state index is 12.0. The second kappa shape index (κ2) is 4.53. The molecule has 0 aromatic carbocycles. The number of imidazole rings is 1. The molecule has 1 aliphatic rings. The first-order chi connectivity index (χ1) is 9.16. The molecule has 0 atom stereocenters. The molecule has 0 spiro atoms. The molecule has 100 valence electrons. The molecule has 0 radical (unpaired) electrons. The standard InChI is InChI=1S/C13H15N3O3/c17-12(18)8-3-5-9(6-4-8)16-10-2-1-7-14-11(10)15-13(16)19/h1-2,7-9H,3-6H2,(H,17,18)(H,14,15,19). The number of nitrogens with one attached hydrogen (secondary N) is 1. The van der Waals surface area contributed by atoms with Crippen molar-refractivity contribution in [1.29, 1.82) is 0 Å². The van der Waals surface area contributed by atoms with Gasteiger partial charge in [-0.25, -0.2) is 9.78 Å². The first-order valence-electron chi connectivity index (χ1n) is 6.45. The number of rotatable bonds is 2. The second-order valence-corrected chi connectivity index (χ2v) is 5.01. The molecule has 19 heavy (non-hydrogen) atoms. The van der Waals surface area contributed by atoms with Gasteiger partial charge < -0.3 is 5.11 Å². The lowest BCUT2D eigenvalue weighted by Crippen LogP contribution is -2.28. The predicted octanol–water partition coefficient (Wildman–Crippen LogP) is 1.54. The Balaban J connectivity index is 1.92. The highest BCUT2D eigenvalue weighted by atomic mass is 16.4. The summed E-state index contributed by atoms with van der Waals surface area (Å²) in [6.45, 7) is 0. The minimum absolute atomic E-state index is 0.0704. The molecule has 0 unspecified atom stereocenters. The van der Waals surface area contributed by atoms with Gasteiger partial charge in [0.1, 0.15) is 0 Å². The van der Waals surface area contributed by atoms with Crippen molar-refractivity contribution in [3.05, 3.63) is 28.8 Å². The Morgan fingerprint density at radius 1 is 1.37 bits per heavy atom. The van der Waals surface area contributed by atoms with Crippen LogP contribution < -0.4 is 5.69 Å². The van der Waals surface area contributed by atoms with Crippen molar-refractivity contribution in [2.24, 2.45) is 5.92 Å². The van der Waals surface area contributed by atoms with Crippen molar-refractivity contribution in [1.82, 2.24) is 14.5 Å². The average Bonchev–Trinajstić information content (AvgIpc) is 2.74. The van der Waals surface area contributed by atoms with Crippen molar-refractivity contribution in [2.75, 3.05) is 0 Å². The number of aromatic amines is 1. The zero-order valence-electron chi connectivity index (χ0n) is 10.4. The van der Waals surface area contributed by atoms with E-state index in [-0.39, 0.29) is 17.6 Å². The van der Waals surface area contributed by atoms with Gasteiger partial charge in [-0.3, -0.25) is 14.3 Å². The van der Waals surface area contributed by atoms with Gasteiger partial charge in [-0.05, 0) is 37.8 Å². The first-order valence-corrected chi connectivity index (χ1v) is 6.45. The molecule has 0 aliphatic heterocycles. The van der Waals surface area contributed by atoms with Gasteiger partial charge in [0.25, 0.3) is 0 Å². The van der Waals surface area contributed by atoms with Crippen LogP contribution in [0.5, 0.6) is 0 Å². The van der Waals surface area contributed by atoms with Gasteiger partial charge in [0.2, 0.25) is 0 Å². The van der Waals surface area contributed by atoms with Crippen LogP contribution in [0.1, 0.15) is 31.7 Å². The van der Waals surface area contributed by atoms with Crippen molar-refractivity contribution >= 4 is 17.1 Å². The molecule has 6 heteroatoms. The Morgan fingerprint density at radius 2 is 2.11 bits per heavy atom. The van der Waals surface area contributed by atoms with Gasteiger partial charge in [-0.15, -0.1) is 0 Å². The van der Waals surface area contributed by atoms with Gasteiger partial charge in [-0.2, -0.15) is 0 Å². The Labute approximate surface area is 109 Å². The van der Waals surface area contributed by atoms with Gasteiger partial charge in [-0.1, -0.05) is 0 Å². The molecular formula is C13H15N3O3. The SMILES string of the molecule is O=C(O)C1CCC(n2c(=O)[nH]c3ncccc32)CC1. The van der Waals surface area contributed by atoms with Crippen LogP contribution in [0, 0.1) is 5.92 Å². The molecular weight excluding hydrogens is 246 g/mol. The lowest BCUT2D eigenvalue weighted by atomic mass is 9.86. The summed E-state index contributed by atoms with van der Waals surface area (Å²) < 4.78 is 1.72. The van der Waals surface area contributed by atoms with Crippen LogP contribution >= 0.6 is 0 Å². The van der Waals surface area contributed by atoms with Gasteiger partial charge in [0.15, 0.2) is 5.65 Å². The van der Waals surface area contributed by atoms with E-state index in [1.54, 1.807) is 16.8 Å². The van der Waals surface area contributed by atoms with Gasteiger partial charge >= 0.3 is 11.7 Å². The molecule has 0 bridgehead atoms. The molecule has 0 saturated heterocycles. The van der Waals surface area contributed by atoms with Crippen molar-refractivity contribution in [2.45, 2.75) is 31.7 Å². The minimum atomic E-state index is -0.730. The summed E-state index contributed by atoms with van der Waals surface area (Å²) >= 11 is 0. The third-order valence-corrected chi connectivity index (χ3v) is 3.90. The number of carboxylic acids is 1. The molecule has 2 heterocycles. The second-order valence-electron chi connectivity index (χ2n) is 5.01. The number of carbonyl (C=O) groups is 1. The zero-order valence-corrected chi connectivity index (χ0v) is 10.4. The Morgan fingerprint density at radius 3 is 2.79 bits per heavy atom. The Hall–Kier alpha value is -2.11. The lowest BCUT2D eigenvalue weighted by molar-refractivity contribution is -0.143. The third-order valence-electron chi connectivity index (χ3n) is 3.90. The molecule has 1 aliphatic carbocycles. The minimum Gasteiger partial charge on any atom is -0.481 e. The van der Waals surface area contributed by atoms with Crippen LogP contribution in [-0.4, -0.2) is 25.6 Å². The summed E-state index contributed by atoms with van der Waals surface area (Å²) in [7, 11) is 0. The van der Waals surface area contributed by atoms with Crippen molar-refractivity contribution in [3.63, 3.8) is 0 Å². The molecule has 2 aromatic rings. The van der Waals surface area contributed by atoms with E-state index < -0.39 is 5.97 Å². The fourth-order valence-electron chi connectivity index (χ4n) is 2.90. The molecule has 2 aromatic heterocycles. The highest BCUT2D eigenvalue weighted by Gasteiger charge is 2.28. The topological polar surface area (TPSA) is 88.0 Å². The number of H-pyrrole nitrogens is 1. The van der Waals surface area contributed by atoms with E-state index in [2.05, 4.69) is 9.97 Å². The third kappa shape index (κ3) is 2.03. The predicted molar refractivity (Wildman–Crippen MR) is 69.0 cm³/mol. The molecule has 1 fully saturated rings. The van der Waals surface area contributed by atoms with Crippen LogP contribution in [0.15, 0.2) is 23.1 Å². The molecule has 6 nitrogen and oxygen atoms in total. The van der Waals surface area contributed by atoms with Crippen LogP contribution in [0.3, 0.4) is 0 Å². The highest BCUT2D eigenvalue weighted by molar-refractivity contribution is 5.71. The smallest absolute Gasteiger partial charge is 0.327 e. The monoisotopic (exact) mass is 261 g/mol. The van der Waals surface area contributed by atoms with E-state index in [4.69, 9.17) is 5.11 Å². The Kier molecular flexibility index (Phi) is 2.85. The van der Waals surface area contributed by atoms with E-state index in [0.29, 0.717) is 18.5 Å². The average molecular weight is 261 g/mol. The van der Waals surface area contributed by atoms with Crippen LogP contribution in [0.2, 0.25) is 0 Å². The van der Waals surface area contributed by atoms with E-state index in [0.717, 1.165) is 18.4 Å². The summed E-state index contributed by atoms with van der Waals surface area (Å²) in [5, 5.41) is 9.00. The number of fused-ring (bicyclic) bond motifs is 1. The van der Waals surface area contributed by atoms with E-state index in [9.17, 15) is 9.59 Å². The highest BCUT2D eigenvalue weighted by Crippen LogP contribution is 2.32. The van der Waals surface area contributed by atoms with Crippen LogP contribution in [-0.2, 0) is 4.79 Å². The van der Waals surface area contributed by atoms with Gasteiger partial charge in [0, 0.05) is 12.2 Å². The number of aromatic nitrogens is 3. The lowest BCUT2D eigenvalue weighted by Gasteiger charge is -2.26. The number of hydrogen-bond acceptors (Lipinski definition) is 3. The van der Waals surface area contributed by atoms with E-state index in [1.807, 2.05) is 6.07 Å².